The normalized spacial score (nSPS) is 12.6. The number of amides is 2. The Kier molecular flexibility index (Phi) is 9.53. The first-order valence-corrected chi connectivity index (χ1v) is 13.4. The number of anilines is 1. The molecule has 34 heavy (non-hydrogen) atoms. The second kappa shape index (κ2) is 11.7. The van der Waals surface area contributed by atoms with E-state index in [1.54, 1.807) is 18.2 Å². The van der Waals surface area contributed by atoms with Crippen molar-refractivity contribution in [2.75, 3.05) is 23.7 Å². The molecule has 0 spiro atoms. The number of benzene rings is 2. The van der Waals surface area contributed by atoms with Gasteiger partial charge in [-0.3, -0.25) is 13.9 Å². The van der Waals surface area contributed by atoms with E-state index in [1.165, 1.54) is 11.0 Å². The molecule has 7 nitrogen and oxygen atoms in total. The van der Waals surface area contributed by atoms with Crippen LogP contribution in [0, 0.1) is 0 Å². The van der Waals surface area contributed by atoms with Crippen LogP contribution in [0.4, 0.5) is 5.69 Å². The van der Waals surface area contributed by atoms with Crippen LogP contribution in [0.15, 0.2) is 54.6 Å². The standard InChI is InChI=1S/C25H34ClN3O4S/c1-6-22(24(31)27-25(2,3)4)28(16-15-19-11-8-7-9-12-19)23(30)18-29(34(5,32)33)21-14-10-13-20(26)17-21/h7-14,17,22H,6,15-16,18H2,1-5H3,(H,27,31). The van der Waals surface area contributed by atoms with E-state index in [4.69, 9.17) is 11.6 Å². The Bertz CT molecular complexity index is 1080. The molecule has 2 rings (SSSR count). The molecule has 1 N–H and O–H groups in total. The van der Waals surface area contributed by atoms with Gasteiger partial charge in [0, 0.05) is 17.1 Å². The average Bonchev–Trinajstić information content (AvgIpc) is 2.73. The minimum atomic E-state index is -3.79. The molecule has 1 atom stereocenters. The number of halogens is 1. The smallest absolute Gasteiger partial charge is 0.244 e. The highest BCUT2D eigenvalue weighted by molar-refractivity contribution is 7.92. The largest absolute Gasteiger partial charge is 0.350 e. The van der Waals surface area contributed by atoms with Crippen LogP contribution in [0.2, 0.25) is 5.02 Å². The Labute approximate surface area is 208 Å². The number of nitrogens with one attached hydrogen (secondary N) is 1. The van der Waals surface area contributed by atoms with Crippen molar-refractivity contribution in [1.82, 2.24) is 10.2 Å². The third-order valence-electron chi connectivity index (χ3n) is 5.14. The lowest BCUT2D eigenvalue weighted by Crippen LogP contribution is -2.56. The van der Waals surface area contributed by atoms with Crippen molar-refractivity contribution < 1.29 is 18.0 Å². The number of sulfonamides is 1. The van der Waals surface area contributed by atoms with Crippen molar-refractivity contribution in [1.29, 1.82) is 0 Å². The maximum atomic E-state index is 13.6. The van der Waals surface area contributed by atoms with Crippen LogP contribution in [0.25, 0.3) is 0 Å². The van der Waals surface area contributed by atoms with Crippen LogP contribution in [-0.2, 0) is 26.0 Å². The third kappa shape index (κ3) is 8.33. The molecule has 0 heterocycles. The summed E-state index contributed by atoms with van der Waals surface area (Å²) in [6, 6.07) is 15.2. The lowest BCUT2D eigenvalue weighted by molar-refractivity contribution is -0.140. The van der Waals surface area contributed by atoms with Crippen LogP contribution in [0.1, 0.15) is 39.7 Å². The van der Waals surface area contributed by atoms with Gasteiger partial charge in [-0.15, -0.1) is 0 Å². The molecule has 2 aromatic rings. The van der Waals surface area contributed by atoms with Crippen molar-refractivity contribution in [3.8, 4) is 0 Å². The summed E-state index contributed by atoms with van der Waals surface area (Å²) >= 11 is 6.06. The van der Waals surface area contributed by atoms with E-state index < -0.39 is 34.1 Å². The topological polar surface area (TPSA) is 86.8 Å². The molecule has 2 amide bonds. The molecule has 1 unspecified atom stereocenters. The highest BCUT2D eigenvalue weighted by Crippen LogP contribution is 2.22. The number of rotatable bonds is 10. The lowest BCUT2D eigenvalue weighted by atomic mass is 10.1. The van der Waals surface area contributed by atoms with Gasteiger partial charge in [-0.25, -0.2) is 8.42 Å². The summed E-state index contributed by atoms with van der Waals surface area (Å²) in [4.78, 5) is 28.1. The summed E-state index contributed by atoms with van der Waals surface area (Å²) in [5.74, 6) is -0.734. The number of carbonyl (C=O) groups excluding carboxylic acids is 2. The molecule has 0 saturated carbocycles. The highest BCUT2D eigenvalue weighted by Gasteiger charge is 2.32. The Morgan fingerprint density at radius 3 is 2.24 bits per heavy atom. The van der Waals surface area contributed by atoms with E-state index >= 15 is 0 Å². The molecule has 0 saturated heterocycles. The number of carbonyl (C=O) groups is 2. The van der Waals surface area contributed by atoms with E-state index in [0.29, 0.717) is 23.6 Å². The fourth-order valence-electron chi connectivity index (χ4n) is 3.59. The van der Waals surface area contributed by atoms with E-state index in [0.717, 1.165) is 16.1 Å². The van der Waals surface area contributed by atoms with Crippen LogP contribution >= 0.6 is 11.6 Å². The van der Waals surface area contributed by atoms with Gasteiger partial charge in [-0.2, -0.15) is 0 Å². The Morgan fingerprint density at radius 2 is 1.71 bits per heavy atom. The van der Waals surface area contributed by atoms with Gasteiger partial charge >= 0.3 is 0 Å². The fourth-order valence-corrected chi connectivity index (χ4v) is 4.62. The number of nitrogens with zero attached hydrogens (tertiary/aromatic N) is 2. The third-order valence-corrected chi connectivity index (χ3v) is 6.52. The van der Waals surface area contributed by atoms with Crippen LogP contribution in [-0.4, -0.2) is 56.1 Å². The molecule has 186 valence electrons. The average molecular weight is 508 g/mol. The Balaban J connectivity index is 2.38. The molecule has 0 fully saturated rings. The van der Waals surface area contributed by atoms with E-state index in [2.05, 4.69) is 5.32 Å². The van der Waals surface area contributed by atoms with Gasteiger partial charge in [0.2, 0.25) is 21.8 Å². The van der Waals surface area contributed by atoms with Crippen LogP contribution in [0.3, 0.4) is 0 Å². The van der Waals surface area contributed by atoms with Crippen molar-refractivity contribution in [3.05, 3.63) is 65.2 Å². The summed E-state index contributed by atoms with van der Waals surface area (Å²) < 4.78 is 26.2. The summed E-state index contributed by atoms with van der Waals surface area (Å²) in [5, 5.41) is 3.30. The molecular formula is C25H34ClN3O4S. The first-order chi connectivity index (χ1) is 15.8. The van der Waals surface area contributed by atoms with E-state index in [9.17, 15) is 18.0 Å². The molecule has 0 aliphatic carbocycles. The van der Waals surface area contributed by atoms with Crippen LogP contribution in [0.5, 0.6) is 0 Å². The fraction of sp³-hybridized carbons (Fsp3) is 0.440. The van der Waals surface area contributed by atoms with Gasteiger partial charge in [0.05, 0.1) is 11.9 Å². The summed E-state index contributed by atoms with van der Waals surface area (Å²) in [5.41, 5.74) is 0.831. The Hall–Kier alpha value is -2.58. The molecule has 0 aliphatic rings. The van der Waals surface area contributed by atoms with E-state index in [1.807, 2.05) is 58.0 Å². The molecule has 0 aromatic heterocycles. The van der Waals surface area contributed by atoms with Gasteiger partial charge in [0.1, 0.15) is 12.6 Å². The molecular weight excluding hydrogens is 474 g/mol. The minimum absolute atomic E-state index is 0.270. The zero-order valence-corrected chi connectivity index (χ0v) is 22.0. The van der Waals surface area contributed by atoms with E-state index in [-0.39, 0.29) is 12.5 Å². The first kappa shape index (κ1) is 27.7. The van der Waals surface area contributed by atoms with Crippen LogP contribution < -0.4 is 9.62 Å². The predicted octanol–water partition coefficient (Wildman–Crippen LogP) is 3.87. The maximum Gasteiger partial charge on any atom is 0.244 e. The first-order valence-electron chi connectivity index (χ1n) is 11.2. The second-order valence-electron chi connectivity index (χ2n) is 9.24. The zero-order valence-electron chi connectivity index (χ0n) is 20.4. The van der Waals surface area contributed by atoms with Gasteiger partial charge in [-0.1, -0.05) is 54.9 Å². The quantitative estimate of drug-likeness (QED) is 0.529. The van der Waals surface area contributed by atoms with Gasteiger partial charge in [-0.05, 0) is 57.4 Å². The molecule has 0 radical (unpaired) electrons. The van der Waals surface area contributed by atoms with Gasteiger partial charge in [0.15, 0.2) is 0 Å². The van der Waals surface area contributed by atoms with Crippen molar-refractivity contribution in [2.45, 2.75) is 52.1 Å². The van der Waals surface area contributed by atoms with Gasteiger partial charge < -0.3 is 10.2 Å². The molecule has 9 heteroatoms. The molecule has 2 aromatic carbocycles. The highest BCUT2D eigenvalue weighted by atomic mass is 35.5. The SMILES string of the molecule is CCC(C(=O)NC(C)(C)C)N(CCc1ccccc1)C(=O)CN(c1cccc(Cl)c1)S(C)(=O)=O. The second-order valence-corrected chi connectivity index (χ2v) is 11.6. The summed E-state index contributed by atoms with van der Waals surface area (Å²) in [7, 11) is -3.79. The minimum Gasteiger partial charge on any atom is -0.350 e. The predicted molar refractivity (Wildman–Crippen MR) is 137 cm³/mol. The number of hydrogen-bond acceptors (Lipinski definition) is 4. The van der Waals surface area contributed by atoms with Gasteiger partial charge in [0.25, 0.3) is 0 Å². The number of hydrogen-bond donors (Lipinski definition) is 1. The molecule has 0 bridgehead atoms. The molecule has 0 aliphatic heterocycles. The van der Waals surface area contributed by atoms with Crippen molar-refractivity contribution in [2.24, 2.45) is 0 Å². The zero-order chi connectivity index (χ0) is 25.5. The Morgan fingerprint density at radius 1 is 1.06 bits per heavy atom. The summed E-state index contributed by atoms with van der Waals surface area (Å²) in [6.45, 7) is 7.29. The van der Waals surface area contributed by atoms with Crippen molar-refractivity contribution >= 4 is 39.1 Å². The summed E-state index contributed by atoms with van der Waals surface area (Å²) in [6.07, 6.45) is 1.96. The monoisotopic (exact) mass is 507 g/mol. The van der Waals surface area contributed by atoms with Crippen molar-refractivity contribution in [3.63, 3.8) is 0 Å². The lowest BCUT2D eigenvalue weighted by Gasteiger charge is -2.34. The maximum absolute atomic E-state index is 13.6.